The molecule has 0 saturated heterocycles. The van der Waals surface area contributed by atoms with E-state index in [1.165, 1.54) is 6.33 Å². The highest BCUT2D eigenvalue weighted by Crippen LogP contribution is 2.39. The first-order valence-corrected chi connectivity index (χ1v) is 18.0. The summed E-state index contributed by atoms with van der Waals surface area (Å²) in [5, 5.41) is 6.29. The quantitative estimate of drug-likeness (QED) is 0.196. The van der Waals surface area contributed by atoms with Crippen molar-refractivity contribution in [3.8, 4) is 17.1 Å². The maximum absolute atomic E-state index is 6.55. The van der Waals surface area contributed by atoms with Crippen molar-refractivity contribution in [2.45, 2.75) is 71.3 Å². The molecule has 1 aromatic carbocycles. The van der Waals surface area contributed by atoms with Gasteiger partial charge >= 0.3 is 0 Å². The van der Waals surface area contributed by atoms with Crippen molar-refractivity contribution >= 4 is 38.9 Å². The average Bonchev–Trinajstić information content (AvgIpc) is 3.01. The predicted octanol–water partition coefficient (Wildman–Crippen LogP) is 6.84. The van der Waals surface area contributed by atoms with Crippen LogP contribution in [0.1, 0.15) is 20.8 Å². The van der Waals surface area contributed by atoms with E-state index >= 15 is 0 Å². The van der Waals surface area contributed by atoms with Crippen molar-refractivity contribution < 1.29 is 9.16 Å². The zero-order valence-corrected chi connectivity index (χ0v) is 23.2. The number of hydrogen-bond acceptors (Lipinski definition) is 5. The summed E-state index contributed by atoms with van der Waals surface area (Å²) in [6.07, 6.45) is 1.46. The largest absolute Gasteiger partial charge is 0.543 e. The molecule has 0 aliphatic carbocycles. The second kappa shape index (κ2) is 9.25. The Bertz CT molecular complexity index is 1090. The van der Waals surface area contributed by atoms with Gasteiger partial charge in [0.1, 0.15) is 29.7 Å². The van der Waals surface area contributed by atoms with Crippen LogP contribution in [0, 0.1) is 0 Å². The van der Waals surface area contributed by atoms with Crippen LogP contribution in [0.25, 0.3) is 22.3 Å². The number of hydrogen-bond donors (Lipinski definition) is 0. The number of aromatic nitrogens is 4. The molecule has 3 aromatic rings. The Balaban J connectivity index is 1.98. The van der Waals surface area contributed by atoms with E-state index in [2.05, 4.69) is 75.6 Å². The zero-order valence-electron chi connectivity index (χ0n) is 20.5. The molecule has 0 amide bonds. The molecule has 174 valence electrons. The van der Waals surface area contributed by atoms with Crippen molar-refractivity contribution in [1.82, 2.24) is 19.7 Å². The van der Waals surface area contributed by atoms with Crippen molar-refractivity contribution in [1.29, 1.82) is 0 Å². The van der Waals surface area contributed by atoms with Gasteiger partial charge in [-0.1, -0.05) is 52.0 Å². The maximum Gasteiger partial charge on any atom is 0.250 e. The van der Waals surface area contributed by atoms with Crippen molar-refractivity contribution in [2.24, 2.45) is 0 Å². The van der Waals surface area contributed by atoms with Crippen molar-refractivity contribution in [3.63, 3.8) is 0 Å². The Kier molecular flexibility index (Phi) is 7.19. The highest BCUT2D eigenvalue weighted by Gasteiger charge is 2.39. The third-order valence-electron chi connectivity index (χ3n) is 5.99. The molecule has 6 nitrogen and oxygen atoms in total. The van der Waals surface area contributed by atoms with Gasteiger partial charge in [-0.2, -0.15) is 5.10 Å². The molecule has 0 N–H and O–H groups in total. The monoisotopic (exact) mass is 490 g/mol. The molecule has 0 spiro atoms. The third kappa shape index (κ3) is 5.98. The normalized spacial score (nSPS) is 13.0. The second-order valence-electron chi connectivity index (χ2n) is 11.0. The lowest BCUT2D eigenvalue weighted by molar-refractivity contribution is 0.0818. The summed E-state index contributed by atoms with van der Waals surface area (Å²) in [6, 6.07) is 9.00. The molecule has 9 heteroatoms. The minimum absolute atomic E-state index is 0.110. The average molecular weight is 491 g/mol. The smallest absolute Gasteiger partial charge is 0.250 e. The molecule has 0 fully saturated rings. The molecule has 32 heavy (non-hydrogen) atoms. The summed E-state index contributed by atoms with van der Waals surface area (Å²) in [6.45, 7) is 19.4. The molecule has 0 saturated carbocycles. The van der Waals surface area contributed by atoms with Crippen LogP contribution in [0.15, 0.2) is 30.6 Å². The van der Waals surface area contributed by atoms with Crippen LogP contribution in [-0.2, 0) is 11.5 Å². The van der Waals surface area contributed by atoms with Crippen LogP contribution < -0.4 is 4.43 Å². The van der Waals surface area contributed by atoms with Gasteiger partial charge in [-0.3, -0.25) is 0 Å². The molecular weight excluding hydrogens is 456 g/mol. The first-order valence-electron chi connectivity index (χ1n) is 11.0. The lowest BCUT2D eigenvalue weighted by atomic mass is 10.1. The Morgan fingerprint density at radius 2 is 1.75 bits per heavy atom. The molecule has 2 heterocycles. The highest BCUT2D eigenvalue weighted by molar-refractivity contribution is 6.76. The number of rotatable bonds is 8. The summed E-state index contributed by atoms with van der Waals surface area (Å²) >= 11 is 6.14. The Hall–Kier alpha value is -1.75. The van der Waals surface area contributed by atoms with Gasteiger partial charge in [0, 0.05) is 26.1 Å². The standard InChI is InChI=1S/C23H35ClN4O2Si2/c1-23(2,3)32(7,8)30-17-9-10-20-18(13-17)22(19-14-21(24)26-15-25-19)27-28(20)16-29-11-12-31(4,5)6/h9-10,13-15H,11-12,16H2,1-8H3. The van der Waals surface area contributed by atoms with E-state index in [-0.39, 0.29) is 5.04 Å². The molecule has 0 aliphatic heterocycles. The summed E-state index contributed by atoms with van der Waals surface area (Å²) in [5.41, 5.74) is 2.41. The second-order valence-corrected chi connectivity index (χ2v) is 21.7. The van der Waals surface area contributed by atoms with Gasteiger partial charge in [0.05, 0.1) is 11.2 Å². The van der Waals surface area contributed by atoms with E-state index < -0.39 is 16.4 Å². The van der Waals surface area contributed by atoms with Gasteiger partial charge in [0.15, 0.2) is 0 Å². The Morgan fingerprint density at radius 1 is 1.03 bits per heavy atom. The molecule has 0 bridgehead atoms. The molecule has 0 unspecified atom stereocenters. The van der Waals surface area contributed by atoms with E-state index in [9.17, 15) is 0 Å². The molecule has 3 rings (SSSR count). The van der Waals surface area contributed by atoms with E-state index in [0.29, 0.717) is 17.6 Å². The van der Waals surface area contributed by atoms with Crippen molar-refractivity contribution in [3.05, 3.63) is 35.7 Å². The predicted molar refractivity (Wildman–Crippen MR) is 138 cm³/mol. The summed E-state index contributed by atoms with van der Waals surface area (Å²) in [4.78, 5) is 8.42. The zero-order chi connectivity index (χ0) is 23.7. The van der Waals surface area contributed by atoms with Crippen LogP contribution in [0.4, 0.5) is 0 Å². The van der Waals surface area contributed by atoms with Gasteiger partial charge in [-0.15, -0.1) is 0 Å². The van der Waals surface area contributed by atoms with Gasteiger partial charge in [-0.05, 0) is 42.4 Å². The van der Waals surface area contributed by atoms with E-state index in [0.717, 1.165) is 35.0 Å². The summed E-state index contributed by atoms with van der Waals surface area (Å²) < 4.78 is 14.4. The fourth-order valence-electron chi connectivity index (χ4n) is 2.95. The van der Waals surface area contributed by atoms with Crippen LogP contribution in [0.5, 0.6) is 5.75 Å². The number of benzene rings is 1. The molecule has 0 atom stereocenters. The SMILES string of the molecule is CC(C)(C)[Si](C)(C)Oc1ccc2c(c1)c(-c1cc(Cl)ncn1)nn2COCC[Si](C)(C)C. The van der Waals surface area contributed by atoms with Gasteiger partial charge in [-0.25, -0.2) is 14.6 Å². The summed E-state index contributed by atoms with van der Waals surface area (Å²) in [7, 11) is -3.12. The summed E-state index contributed by atoms with van der Waals surface area (Å²) in [5.74, 6) is 0.852. The molecular formula is C23H35ClN4O2Si2. The minimum Gasteiger partial charge on any atom is -0.543 e. The van der Waals surface area contributed by atoms with Crippen molar-refractivity contribution in [2.75, 3.05) is 6.61 Å². The molecule has 0 radical (unpaired) electrons. The van der Waals surface area contributed by atoms with Crippen LogP contribution in [0.3, 0.4) is 0 Å². The topological polar surface area (TPSA) is 62.1 Å². The minimum atomic E-state index is -1.97. The number of halogens is 1. The van der Waals surface area contributed by atoms with E-state index in [4.69, 9.17) is 25.9 Å². The maximum atomic E-state index is 6.55. The Morgan fingerprint density at radius 3 is 2.38 bits per heavy atom. The van der Waals surface area contributed by atoms with Crippen LogP contribution >= 0.6 is 11.6 Å². The van der Waals surface area contributed by atoms with Gasteiger partial charge in [0.2, 0.25) is 8.32 Å². The van der Waals surface area contributed by atoms with Gasteiger partial charge in [0.25, 0.3) is 0 Å². The van der Waals surface area contributed by atoms with E-state index in [1.54, 1.807) is 6.07 Å². The first-order chi connectivity index (χ1) is 14.8. The van der Waals surface area contributed by atoms with Crippen LogP contribution in [-0.4, -0.2) is 42.7 Å². The van der Waals surface area contributed by atoms with E-state index in [1.807, 2.05) is 10.7 Å². The fourth-order valence-corrected chi connectivity index (χ4v) is 4.88. The molecule has 2 aromatic heterocycles. The third-order valence-corrected chi connectivity index (χ3v) is 12.3. The number of nitrogens with zero attached hydrogens (tertiary/aromatic N) is 4. The highest BCUT2D eigenvalue weighted by atomic mass is 35.5. The van der Waals surface area contributed by atoms with Gasteiger partial charge < -0.3 is 9.16 Å². The lowest BCUT2D eigenvalue weighted by Crippen LogP contribution is -2.43. The number of ether oxygens (including phenoxy) is 1. The fraction of sp³-hybridized carbons (Fsp3) is 0.522. The first kappa shape index (κ1) is 24.9. The van der Waals surface area contributed by atoms with Crippen LogP contribution in [0.2, 0.25) is 49.0 Å². The molecule has 0 aliphatic rings. The Labute approximate surface area is 198 Å². The lowest BCUT2D eigenvalue weighted by Gasteiger charge is -2.36. The number of fused-ring (bicyclic) bond motifs is 1.